The molecule has 1 unspecified atom stereocenters. The molecule has 0 radical (unpaired) electrons. The molecule has 2 aromatic carbocycles. The Balaban J connectivity index is 1.59. The number of H-pyrrole nitrogens is 1. The number of nitrogens with one attached hydrogen (secondary N) is 1. The van der Waals surface area contributed by atoms with E-state index < -0.39 is 5.97 Å². The van der Waals surface area contributed by atoms with Crippen LogP contribution in [0.1, 0.15) is 22.8 Å². The highest BCUT2D eigenvalue weighted by Gasteiger charge is 2.34. The van der Waals surface area contributed by atoms with Crippen molar-refractivity contribution in [2.24, 2.45) is 11.0 Å². The fraction of sp³-hybridized carbons (Fsp3) is 0.150. The first-order valence-electron chi connectivity index (χ1n) is 8.32. The van der Waals surface area contributed by atoms with Crippen molar-refractivity contribution in [3.8, 4) is 0 Å². The number of rotatable bonds is 4. The minimum atomic E-state index is -0.999. The van der Waals surface area contributed by atoms with Crippen LogP contribution in [0.5, 0.6) is 0 Å². The number of carboxylic acid groups (broad SMARTS) is 1. The lowest BCUT2D eigenvalue weighted by Gasteiger charge is -2.14. The van der Waals surface area contributed by atoms with Gasteiger partial charge >= 0.3 is 5.97 Å². The SMILES string of the molecule is CC1=NN(c2ccc(C(=O)O)cc2)C(=O)C1Cc1c[nH]c2ccccc12. The van der Waals surface area contributed by atoms with E-state index in [-0.39, 0.29) is 17.4 Å². The van der Waals surface area contributed by atoms with Gasteiger partial charge in [-0.1, -0.05) is 18.2 Å². The molecular formula is C20H17N3O3. The third-order valence-corrected chi connectivity index (χ3v) is 4.73. The minimum Gasteiger partial charge on any atom is -0.478 e. The van der Waals surface area contributed by atoms with Crippen molar-refractivity contribution in [3.63, 3.8) is 0 Å². The maximum Gasteiger partial charge on any atom is 0.335 e. The number of fused-ring (bicyclic) bond motifs is 1. The van der Waals surface area contributed by atoms with Crippen molar-refractivity contribution in [2.45, 2.75) is 13.3 Å². The van der Waals surface area contributed by atoms with E-state index in [1.807, 2.05) is 37.4 Å². The average molecular weight is 347 g/mol. The molecule has 1 atom stereocenters. The molecule has 2 heterocycles. The second kappa shape index (κ2) is 6.15. The Labute approximate surface area is 149 Å². The predicted octanol–water partition coefficient (Wildman–Crippen LogP) is 3.45. The Hall–Kier alpha value is -3.41. The summed E-state index contributed by atoms with van der Waals surface area (Å²) in [6.07, 6.45) is 2.51. The number of nitrogens with zero attached hydrogens (tertiary/aromatic N) is 2. The molecule has 130 valence electrons. The Bertz CT molecular complexity index is 1030. The molecule has 2 N–H and O–H groups in total. The number of aromatic nitrogens is 1. The zero-order valence-corrected chi connectivity index (χ0v) is 14.1. The Kier molecular flexibility index (Phi) is 3.80. The van der Waals surface area contributed by atoms with E-state index in [0.717, 1.165) is 22.2 Å². The van der Waals surface area contributed by atoms with Gasteiger partial charge in [0, 0.05) is 22.8 Å². The van der Waals surface area contributed by atoms with Gasteiger partial charge in [-0.05, 0) is 49.2 Å². The number of hydrogen-bond acceptors (Lipinski definition) is 3. The summed E-state index contributed by atoms with van der Waals surface area (Å²) in [4.78, 5) is 27.1. The average Bonchev–Trinajstić information content (AvgIpc) is 3.18. The van der Waals surface area contributed by atoms with Gasteiger partial charge in [0.1, 0.15) is 0 Å². The van der Waals surface area contributed by atoms with Crippen molar-refractivity contribution >= 4 is 34.2 Å². The molecule has 1 aliphatic heterocycles. The van der Waals surface area contributed by atoms with Crippen molar-refractivity contribution in [3.05, 3.63) is 65.9 Å². The standard InChI is InChI=1S/C20H17N3O3/c1-12-17(10-14-11-21-18-5-3-2-4-16(14)18)19(24)23(22-12)15-8-6-13(7-9-15)20(25)26/h2-9,11,17,21H,10H2,1H3,(H,25,26). The lowest BCUT2D eigenvalue weighted by molar-refractivity contribution is -0.119. The first kappa shape index (κ1) is 16.1. The molecule has 26 heavy (non-hydrogen) atoms. The van der Waals surface area contributed by atoms with Crippen molar-refractivity contribution in [2.75, 3.05) is 5.01 Å². The number of carboxylic acids is 1. The number of aromatic amines is 1. The maximum absolute atomic E-state index is 12.9. The molecule has 4 rings (SSSR count). The number of aromatic carboxylic acids is 1. The summed E-state index contributed by atoms with van der Waals surface area (Å²) in [6.45, 7) is 1.85. The number of hydrazone groups is 1. The van der Waals surface area contributed by atoms with Crippen LogP contribution in [0.4, 0.5) is 5.69 Å². The van der Waals surface area contributed by atoms with Gasteiger partial charge < -0.3 is 10.1 Å². The summed E-state index contributed by atoms with van der Waals surface area (Å²) in [5.74, 6) is -1.43. The van der Waals surface area contributed by atoms with E-state index in [1.165, 1.54) is 17.1 Å². The van der Waals surface area contributed by atoms with Gasteiger partial charge in [-0.2, -0.15) is 5.10 Å². The van der Waals surface area contributed by atoms with Gasteiger partial charge in [0.2, 0.25) is 0 Å². The van der Waals surface area contributed by atoms with Gasteiger partial charge in [-0.15, -0.1) is 0 Å². The summed E-state index contributed by atoms with van der Waals surface area (Å²) in [7, 11) is 0. The van der Waals surface area contributed by atoms with Crippen LogP contribution in [-0.4, -0.2) is 27.7 Å². The smallest absolute Gasteiger partial charge is 0.335 e. The van der Waals surface area contributed by atoms with Crippen LogP contribution in [0.25, 0.3) is 10.9 Å². The van der Waals surface area contributed by atoms with E-state index in [4.69, 9.17) is 5.11 Å². The number of hydrogen-bond donors (Lipinski definition) is 2. The Morgan fingerprint density at radius 2 is 1.92 bits per heavy atom. The topological polar surface area (TPSA) is 85.8 Å². The van der Waals surface area contributed by atoms with E-state index >= 15 is 0 Å². The Morgan fingerprint density at radius 1 is 1.19 bits per heavy atom. The molecule has 0 spiro atoms. The normalized spacial score (nSPS) is 17.0. The van der Waals surface area contributed by atoms with Crippen LogP contribution in [0.2, 0.25) is 0 Å². The minimum absolute atomic E-state index is 0.101. The third kappa shape index (κ3) is 2.65. The third-order valence-electron chi connectivity index (χ3n) is 4.73. The highest BCUT2D eigenvalue weighted by atomic mass is 16.4. The molecular weight excluding hydrogens is 330 g/mol. The number of para-hydroxylation sites is 1. The second-order valence-electron chi connectivity index (χ2n) is 6.36. The van der Waals surface area contributed by atoms with Crippen LogP contribution < -0.4 is 5.01 Å². The van der Waals surface area contributed by atoms with Crippen LogP contribution in [-0.2, 0) is 11.2 Å². The van der Waals surface area contributed by atoms with Gasteiger partial charge in [0.05, 0.1) is 17.2 Å². The second-order valence-corrected chi connectivity index (χ2v) is 6.36. The van der Waals surface area contributed by atoms with Crippen molar-refractivity contribution < 1.29 is 14.7 Å². The van der Waals surface area contributed by atoms with Crippen LogP contribution in [0.15, 0.2) is 59.8 Å². The van der Waals surface area contributed by atoms with Gasteiger partial charge in [-0.25, -0.2) is 9.80 Å². The quantitative estimate of drug-likeness (QED) is 0.758. The van der Waals surface area contributed by atoms with Crippen molar-refractivity contribution in [1.29, 1.82) is 0 Å². The molecule has 6 heteroatoms. The maximum atomic E-state index is 12.9. The Morgan fingerprint density at radius 3 is 2.65 bits per heavy atom. The van der Waals surface area contributed by atoms with Crippen LogP contribution >= 0.6 is 0 Å². The summed E-state index contributed by atoms with van der Waals surface area (Å²) >= 11 is 0. The number of benzene rings is 2. The number of carbonyl (C=O) groups is 2. The summed E-state index contributed by atoms with van der Waals surface area (Å²) in [6, 6.07) is 14.2. The molecule has 0 fully saturated rings. The van der Waals surface area contributed by atoms with E-state index in [1.54, 1.807) is 12.1 Å². The summed E-state index contributed by atoms with van der Waals surface area (Å²) in [5.41, 5.74) is 3.63. The molecule has 0 bridgehead atoms. The summed E-state index contributed by atoms with van der Waals surface area (Å²) < 4.78 is 0. The molecule has 0 saturated heterocycles. The molecule has 0 saturated carbocycles. The first-order chi connectivity index (χ1) is 12.5. The molecule has 6 nitrogen and oxygen atoms in total. The fourth-order valence-corrected chi connectivity index (χ4v) is 3.29. The highest BCUT2D eigenvalue weighted by Crippen LogP contribution is 2.28. The highest BCUT2D eigenvalue weighted by molar-refractivity contribution is 6.15. The number of anilines is 1. The molecule has 3 aromatic rings. The van der Waals surface area contributed by atoms with Gasteiger partial charge in [0.25, 0.3) is 5.91 Å². The van der Waals surface area contributed by atoms with E-state index in [9.17, 15) is 9.59 Å². The van der Waals surface area contributed by atoms with Crippen molar-refractivity contribution in [1.82, 2.24) is 4.98 Å². The summed E-state index contributed by atoms with van der Waals surface area (Å²) in [5, 5.41) is 15.9. The van der Waals surface area contributed by atoms with Gasteiger partial charge in [0.15, 0.2) is 0 Å². The number of amides is 1. The van der Waals surface area contributed by atoms with E-state index in [2.05, 4.69) is 10.1 Å². The lowest BCUT2D eigenvalue weighted by atomic mass is 9.95. The zero-order chi connectivity index (χ0) is 18.3. The molecule has 1 aromatic heterocycles. The van der Waals surface area contributed by atoms with Crippen LogP contribution in [0.3, 0.4) is 0 Å². The van der Waals surface area contributed by atoms with Crippen LogP contribution in [0, 0.1) is 5.92 Å². The van der Waals surface area contributed by atoms with Gasteiger partial charge in [-0.3, -0.25) is 4.79 Å². The first-order valence-corrected chi connectivity index (χ1v) is 8.32. The fourth-order valence-electron chi connectivity index (χ4n) is 3.29. The zero-order valence-electron chi connectivity index (χ0n) is 14.1. The van der Waals surface area contributed by atoms with E-state index in [0.29, 0.717) is 12.1 Å². The predicted molar refractivity (Wildman–Crippen MR) is 99.5 cm³/mol. The number of carbonyl (C=O) groups excluding carboxylic acids is 1. The monoisotopic (exact) mass is 347 g/mol. The largest absolute Gasteiger partial charge is 0.478 e. The lowest BCUT2D eigenvalue weighted by Crippen LogP contribution is -2.28. The molecule has 1 aliphatic rings. The molecule has 0 aliphatic carbocycles. The molecule has 1 amide bonds.